The first-order chi connectivity index (χ1) is 9.19. The van der Waals surface area contributed by atoms with Crippen LogP contribution in [0.4, 0.5) is 0 Å². The summed E-state index contributed by atoms with van der Waals surface area (Å²) in [7, 11) is 1.67. The molecule has 0 amide bonds. The van der Waals surface area contributed by atoms with E-state index in [0.717, 1.165) is 17.1 Å². The molecule has 96 valence electrons. The zero-order chi connectivity index (χ0) is 13.4. The van der Waals surface area contributed by atoms with Crippen molar-refractivity contribution in [3.63, 3.8) is 0 Å². The number of pyridine rings is 1. The number of fused-ring (bicyclic) bond motifs is 1. The molecule has 0 radical (unpaired) electrons. The summed E-state index contributed by atoms with van der Waals surface area (Å²) < 4.78 is 7.34. The van der Waals surface area contributed by atoms with Gasteiger partial charge in [0, 0.05) is 18.0 Å². The number of nitrogens with zero attached hydrogens (tertiary/aromatic N) is 2. The fraction of sp³-hybridized carbons (Fsp3) is 0.188. The van der Waals surface area contributed by atoms with Crippen molar-refractivity contribution in [2.45, 2.75) is 13.8 Å². The molecule has 0 N–H and O–H groups in total. The molecular weight excluding hydrogens is 236 g/mol. The predicted molar refractivity (Wildman–Crippen MR) is 76.7 cm³/mol. The number of aromatic nitrogens is 2. The number of ether oxygens (including phenoxy) is 1. The fourth-order valence-electron chi connectivity index (χ4n) is 2.29. The van der Waals surface area contributed by atoms with E-state index < -0.39 is 0 Å². The Hall–Kier alpha value is -2.29. The SMILES string of the molecule is COc1cccn2cc(-c3cc(C)ccc3C)nc12. The fourth-order valence-corrected chi connectivity index (χ4v) is 2.29. The van der Waals surface area contributed by atoms with Crippen LogP contribution in [-0.4, -0.2) is 16.5 Å². The van der Waals surface area contributed by atoms with Gasteiger partial charge in [-0.1, -0.05) is 17.7 Å². The molecule has 1 aromatic carbocycles. The van der Waals surface area contributed by atoms with Crippen LogP contribution in [0.25, 0.3) is 16.9 Å². The highest BCUT2D eigenvalue weighted by Crippen LogP contribution is 2.27. The average molecular weight is 252 g/mol. The van der Waals surface area contributed by atoms with E-state index in [1.165, 1.54) is 16.7 Å². The van der Waals surface area contributed by atoms with Crippen molar-refractivity contribution in [3.8, 4) is 17.0 Å². The molecule has 3 aromatic rings. The van der Waals surface area contributed by atoms with Crippen molar-refractivity contribution < 1.29 is 4.74 Å². The lowest BCUT2D eigenvalue weighted by molar-refractivity contribution is 0.417. The van der Waals surface area contributed by atoms with E-state index in [0.29, 0.717) is 0 Å². The Labute approximate surface area is 112 Å². The molecule has 0 saturated heterocycles. The zero-order valence-electron chi connectivity index (χ0n) is 11.3. The van der Waals surface area contributed by atoms with Crippen molar-refractivity contribution in [1.29, 1.82) is 0 Å². The number of benzene rings is 1. The molecule has 2 aromatic heterocycles. The molecule has 0 aliphatic carbocycles. The van der Waals surface area contributed by atoms with Gasteiger partial charge in [-0.3, -0.25) is 0 Å². The van der Waals surface area contributed by atoms with Crippen LogP contribution in [0, 0.1) is 13.8 Å². The minimum atomic E-state index is 0.791. The molecule has 0 bridgehead atoms. The molecule has 0 atom stereocenters. The monoisotopic (exact) mass is 252 g/mol. The van der Waals surface area contributed by atoms with Gasteiger partial charge in [-0.25, -0.2) is 4.98 Å². The van der Waals surface area contributed by atoms with E-state index in [2.05, 4.69) is 32.0 Å². The van der Waals surface area contributed by atoms with Crippen LogP contribution in [-0.2, 0) is 0 Å². The number of methoxy groups -OCH3 is 1. The Morgan fingerprint density at radius 3 is 2.79 bits per heavy atom. The van der Waals surface area contributed by atoms with Crippen LogP contribution in [0.15, 0.2) is 42.7 Å². The van der Waals surface area contributed by atoms with E-state index in [-0.39, 0.29) is 0 Å². The van der Waals surface area contributed by atoms with Gasteiger partial charge >= 0.3 is 0 Å². The minimum Gasteiger partial charge on any atom is -0.493 e. The second-order valence-corrected chi connectivity index (χ2v) is 4.75. The van der Waals surface area contributed by atoms with Gasteiger partial charge in [-0.2, -0.15) is 0 Å². The third-order valence-corrected chi connectivity index (χ3v) is 3.34. The number of aryl methyl sites for hydroxylation is 2. The lowest BCUT2D eigenvalue weighted by Gasteiger charge is -2.03. The largest absolute Gasteiger partial charge is 0.493 e. The lowest BCUT2D eigenvalue weighted by Crippen LogP contribution is -1.88. The summed E-state index contributed by atoms with van der Waals surface area (Å²) in [4.78, 5) is 4.69. The Kier molecular flexibility index (Phi) is 2.75. The van der Waals surface area contributed by atoms with E-state index in [9.17, 15) is 0 Å². The van der Waals surface area contributed by atoms with Crippen molar-refractivity contribution in [1.82, 2.24) is 9.38 Å². The van der Waals surface area contributed by atoms with Crippen molar-refractivity contribution in [2.75, 3.05) is 7.11 Å². The van der Waals surface area contributed by atoms with Gasteiger partial charge in [0.05, 0.1) is 12.8 Å². The van der Waals surface area contributed by atoms with Crippen molar-refractivity contribution >= 4 is 5.65 Å². The first-order valence-electron chi connectivity index (χ1n) is 6.28. The van der Waals surface area contributed by atoms with Crippen LogP contribution < -0.4 is 4.74 Å². The number of imidazole rings is 1. The van der Waals surface area contributed by atoms with Gasteiger partial charge < -0.3 is 9.14 Å². The zero-order valence-corrected chi connectivity index (χ0v) is 11.3. The molecule has 0 aliphatic heterocycles. The maximum Gasteiger partial charge on any atom is 0.180 e. The van der Waals surface area contributed by atoms with E-state index in [1.54, 1.807) is 7.11 Å². The summed E-state index contributed by atoms with van der Waals surface area (Å²) in [5.41, 5.74) is 5.47. The molecule has 3 heteroatoms. The van der Waals surface area contributed by atoms with Crippen LogP contribution in [0.1, 0.15) is 11.1 Å². The van der Waals surface area contributed by atoms with Crippen LogP contribution in [0.3, 0.4) is 0 Å². The van der Waals surface area contributed by atoms with Crippen molar-refractivity contribution in [2.24, 2.45) is 0 Å². The third-order valence-electron chi connectivity index (χ3n) is 3.34. The third kappa shape index (κ3) is 1.97. The average Bonchev–Trinajstić information content (AvgIpc) is 2.85. The highest BCUT2D eigenvalue weighted by Gasteiger charge is 2.10. The topological polar surface area (TPSA) is 26.5 Å². The summed E-state index contributed by atoms with van der Waals surface area (Å²) in [6.45, 7) is 4.20. The highest BCUT2D eigenvalue weighted by atomic mass is 16.5. The second-order valence-electron chi connectivity index (χ2n) is 4.75. The van der Waals surface area contributed by atoms with Crippen LogP contribution in [0.2, 0.25) is 0 Å². The molecule has 0 unspecified atom stereocenters. The van der Waals surface area contributed by atoms with Gasteiger partial charge in [-0.15, -0.1) is 0 Å². The quantitative estimate of drug-likeness (QED) is 0.696. The van der Waals surface area contributed by atoms with Crippen molar-refractivity contribution in [3.05, 3.63) is 53.9 Å². The van der Waals surface area contributed by atoms with Crippen LogP contribution in [0.5, 0.6) is 5.75 Å². The highest BCUT2D eigenvalue weighted by molar-refractivity contribution is 5.69. The molecule has 0 spiro atoms. The summed E-state index contributed by atoms with van der Waals surface area (Å²) >= 11 is 0. The van der Waals surface area contributed by atoms with Crippen LogP contribution >= 0.6 is 0 Å². The number of hydrogen-bond donors (Lipinski definition) is 0. The van der Waals surface area contributed by atoms with Gasteiger partial charge in [0.15, 0.2) is 11.4 Å². The maximum atomic E-state index is 5.35. The van der Waals surface area contributed by atoms with Gasteiger partial charge in [-0.05, 0) is 37.6 Å². The molecule has 0 aliphatic rings. The standard InChI is InChI=1S/C16H16N2O/c1-11-6-7-12(2)13(9-11)14-10-18-8-4-5-15(19-3)16(18)17-14/h4-10H,1-3H3. The molecule has 3 nitrogen and oxygen atoms in total. The number of hydrogen-bond acceptors (Lipinski definition) is 2. The number of rotatable bonds is 2. The molecule has 0 saturated carbocycles. The molecule has 0 fully saturated rings. The minimum absolute atomic E-state index is 0.791. The molecule has 3 rings (SSSR count). The Morgan fingerprint density at radius 1 is 1.16 bits per heavy atom. The Bertz CT molecular complexity index is 744. The van der Waals surface area contributed by atoms with E-state index in [1.807, 2.05) is 28.9 Å². The Balaban J connectivity index is 2.23. The first-order valence-corrected chi connectivity index (χ1v) is 6.28. The summed E-state index contributed by atoms with van der Waals surface area (Å²) in [5.74, 6) is 0.791. The van der Waals surface area contributed by atoms with Gasteiger partial charge in [0.2, 0.25) is 0 Å². The molecule has 2 heterocycles. The maximum absolute atomic E-state index is 5.35. The van der Waals surface area contributed by atoms with Gasteiger partial charge in [0.1, 0.15) is 0 Å². The lowest BCUT2D eigenvalue weighted by atomic mass is 10.0. The molecule has 19 heavy (non-hydrogen) atoms. The molecular formula is C16H16N2O. The normalized spacial score (nSPS) is 10.9. The summed E-state index contributed by atoms with van der Waals surface area (Å²) in [6.07, 6.45) is 4.03. The summed E-state index contributed by atoms with van der Waals surface area (Å²) in [6, 6.07) is 10.3. The second kappa shape index (κ2) is 4.43. The smallest absolute Gasteiger partial charge is 0.180 e. The predicted octanol–water partition coefficient (Wildman–Crippen LogP) is 3.63. The van der Waals surface area contributed by atoms with Gasteiger partial charge in [0.25, 0.3) is 0 Å². The van der Waals surface area contributed by atoms with E-state index in [4.69, 9.17) is 9.72 Å². The Morgan fingerprint density at radius 2 is 2.00 bits per heavy atom. The van der Waals surface area contributed by atoms with E-state index >= 15 is 0 Å². The summed E-state index contributed by atoms with van der Waals surface area (Å²) in [5, 5.41) is 0. The first kappa shape index (κ1) is 11.8.